The smallest absolute Gasteiger partial charge is 0.284 e. The van der Waals surface area contributed by atoms with Crippen LogP contribution in [0, 0.1) is 13.8 Å². The molecule has 0 saturated heterocycles. The van der Waals surface area contributed by atoms with Crippen molar-refractivity contribution in [3.05, 3.63) is 65.7 Å². The van der Waals surface area contributed by atoms with Gasteiger partial charge in [0.25, 0.3) is 11.8 Å². The first-order valence-corrected chi connectivity index (χ1v) is 10.5. The van der Waals surface area contributed by atoms with Crippen LogP contribution in [0.2, 0.25) is 0 Å². The maximum Gasteiger partial charge on any atom is 0.284 e. The molecule has 150 valence electrons. The summed E-state index contributed by atoms with van der Waals surface area (Å²) in [5, 5.41) is 0. The summed E-state index contributed by atoms with van der Waals surface area (Å²) >= 11 is 0. The number of fused-ring (bicyclic) bond motifs is 3. The predicted octanol–water partition coefficient (Wildman–Crippen LogP) is 5.32. The fraction of sp³-hybridized carbons (Fsp3) is 0.130. The molecule has 0 N–H and O–H groups in total. The lowest BCUT2D eigenvalue weighted by molar-refractivity contribution is 0.338. The molecule has 0 spiro atoms. The van der Waals surface area contributed by atoms with Crippen molar-refractivity contribution in [2.75, 3.05) is 7.11 Å². The molecule has 2 heterocycles. The number of ether oxygens (including phenoxy) is 3. The molecule has 0 radical (unpaired) electrons. The third kappa shape index (κ3) is 2.98. The standard InChI is InChI=1S/C23H18N2O4S/c1-13-11-15(12-14(2)21(13)27-3)30(26)19-10-6-7-16-20(19)25-23-22(24-16)28-17-8-4-5-9-18(17)29-23/h4-12H,1-3H3. The predicted molar refractivity (Wildman–Crippen MR) is 113 cm³/mol. The molecular formula is C23H18N2O4S. The molecule has 7 heteroatoms. The molecule has 5 rings (SSSR count). The number of nitrogens with zero attached hydrogens (tertiary/aromatic N) is 2. The van der Waals surface area contributed by atoms with E-state index in [0.29, 0.717) is 38.2 Å². The molecule has 0 fully saturated rings. The van der Waals surface area contributed by atoms with Crippen LogP contribution in [0.1, 0.15) is 11.1 Å². The van der Waals surface area contributed by atoms with Crippen LogP contribution in [0.4, 0.5) is 0 Å². The van der Waals surface area contributed by atoms with E-state index in [-0.39, 0.29) is 5.88 Å². The van der Waals surface area contributed by atoms with Crippen molar-refractivity contribution in [1.82, 2.24) is 9.97 Å². The van der Waals surface area contributed by atoms with E-state index in [4.69, 9.17) is 14.2 Å². The Morgan fingerprint density at radius 1 is 0.867 bits per heavy atom. The van der Waals surface area contributed by atoms with Gasteiger partial charge < -0.3 is 14.2 Å². The Labute approximate surface area is 175 Å². The molecule has 0 saturated carbocycles. The summed E-state index contributed by atoms with van der Waals surface area (Å²) in [7, 11) is 0.182. The summed E-state index contributed by atoms with van der Waals surface area (Å²) in [6.45, 7) is 3.88. The van der Waals surface area contributed by atoms with Gasteiger partial charge in [0.2, 0.25) is 0 Å². The third-order valence-corrected chi connectivity index (χ3v) is 6.30. The molecule has 1 aromatic heterocycles. The Morgan fingerprint density at radius 3 is 2.13 bits per heavy atom. The van der Waals surface area contributed by atoms with Gasteiger partial charge in [0.15, 0.2) is 11.5 Å². The molecule has 1 unspecified atom stereocenters. The summed E-state index contributed by atoms with van der Waals surface area (Å²) in [4.78, 5) is 10.4. The van der Waals surface area contributed by atoms with Crippen LogP contribution < -0.4 is 14.2 Å². The Morgan fingerprint density at radius 2 is 1.50 bits per heavy atom. The van der Waals surface area contributed by atoms with E-state index in [9.17, 15) is 4.21 Å². The van der Waals surface area contributed by atoms with Crippen molar-refractivity contribution in [2.24, 2.45) is 0 Å². The number of hydrogen-bond donors (Lipinski definition) is 0. The van der Waals surface area contributed by atoms with E-state index in [1.165, 1.54) is 0 Å². The third-order valence-electron chi connectivity index (χ3n) is 4.91. The number of methoxy groups -OCH3 is 1. The van der Waals surface area contributed by atoms with Crippen LogP contribution >= 0.6 is 0 Å². The quantitative estimate of drug-likeness (QED) is 0.395. The second-order valence-electron chi connectivity index (χ2n) is 6.97. The Bertz CT molecular complexity index is 1310. The lowest BCUT2D eigenvalue weighted by Gasteiger charge is -2.19. The normalized spacial score (nSPS) is 13.0. The molecule has 4 aromatic rings. The highest BCUT2D eigenvalue weighted by atomic mass is 32.2. The van der Waals surface area contributed by atoms with E-state index in [1.807, 2.05) is 56.3 Å². The summed E-state index contributed by atoms with van der Waals surface area (Å²) in [6.07, 6.45) is 0. The maximum atomic E-state index is 13.5. The molecule has 0 bridgehead atoms. The molecule has 30 heavy (non-hydrogen) atoms. The van der Waals surface area contributed by atoms with Gasteiger partial charge >= 0.3 is 0 Å². The maximum absolute atomic E-state index is 13.5. The van der Waals surface area contributed by atoms with Gasteiger partial charge in [-0.15, -0.1) is 0 Å². The number of para-hydroxylation sites is 3. The zero-order valence-corrected chi connectivity index (χ0v) is 17.4. The SMILES string of the molecule is COc1c(C)cc(S(=O)c2cccc3nc4c(nc23)Oc2ccccc2O4)cc1C. The summed E-state index contributed by atoms with van der Waals surface area (Å²) in [5.41, 5.74) is 2.96. The minimum Gasteiger partial charge on any atom is -0.496 e. The average molecular weight is 418 g/mol. The van der Waals surface area contributed by atoms with Gasteiger partial charge in [0, 0.05) is 4.90 Å². The Balaban J connectivity index is 1.62. The summed E-state index contributed by atoms with van der Waals surface area (Å²) < 4.78 is 30.6. The van der Waals surface area contributed by atoms with Crippen molar-refractivity contribution in [1.29, 1.82) is 0 Å². The van der Waals surface area contributed by atoms with Crippen molar-refractivity contribution < 1.29 is 18.4 Å². The van der Waals surface area contributed by atoms with Gasteiger partial charge in [-0.2, -0.15) is 0 Å². The van der Waals surface area contributed by atoms with Crippen LogP contribution in [0.3, 0.4) is 0 Å². The highest BCUT2D eigenvalue weighted by Gasteiger charge is 2.24. The fourth-order valence-corrected chi connectivity index (χ4v) is 4.95. The van der Waals surface area contributed by atoms with Gasteiger partial charge in [-0.25, -0.2) is 14.2 Å². The van der Waals surface area contributed by atoms with Gasteiger partial charge in [0.05, 0.1) is 28.3 Å². The van der Waals surface area contributed by atoms with E-state index >= 15 is 0 Å². The Hall–Kier alpha value is -3.45. The average Bonchev–Trinajstić information content (AvgIpc) is 2.75. The first-order chi connectivity index (χ1) is 14.5. The first kappa shape index (κ1) is 18.6. The van der Waals surface area contributed by atoms with E-state index in [1.54, 1.807) is 19.2 Å². The van der Waals surface area contributed by atoms with Crippen molar-refractivity contribution >= 4 is 21.8 Å². The molecule has 1 atom stereocenters. The Kier molecular flexibility index (Phi) is 4.40. The summed E-state index contributed by atoms with van der Waals surface area (Å²) in [6, 6.07) is 16.5. The van der Waals surface area contributed by atoms with Gasteiger partial charge in [-0.1, -0.05) is 18.2 Å². The monoisotopic (exact) mass is 418 g/mol. The van der Waals surface area contributed by atoms with Gasteiger partial charge in [-0.3, -0.25) is 0 Å². The highest BCUT2D eigenvalue weighted by molar-refractivity contribution is 7.85. The van der Waals surface area contributed by atoms with E-state index in [0.717, 1.165) is 16.9 Å². The van der Waals surface area contributed by atoms with Gasteiger partial charge in [-0.05, 0) is 61.4 Å². The van der Waals surface area contributed by atoms with E-state index < -0.39 is 10.8 Å². The van der Waals surface area contributed by atoms with Crippen LogP contribution in [0.15, 0.2) is 64.4 Å². The summed E-state index contributed by atoms with van der Waals surface area (Å²) in [5.74, 6) is 2.50. The van der Waals surface area contributed by atoms with Crippen molar-refractivity contribution in [2.45, 2.75) is 23.6 Å². The molecule has 0 amide bonds. The molecular weight excluding hydrogens is 400 g/mol. The number of aromatic nitrogens is 2. The zero-order chi connectivity index (χ0) is 20.8. The number of rotatable bonds is 3. The van der Waals surface area contributed by atoms with Crippen LogP contribution in [-0.2, 0) is 10.8 Å². The molecule has 3 aromatic carbocycles. The zero-order valence-electron chi connectivity index (χ0n) is 16.6. The highest BCUT2D eigenvalue weighted by Crippen LogP contribution is 2.43. The van der Waals surface area contributed by atoms with Crippen LogP contribution in [0.5, 0.6) is 29.0 Å². The molecule has 6 nitrogen and oxygen atoms in total. The van der Waals surface area contributed by atoms with Gasteiger partial charge in [0.1, 0.15) is 11.3 Å². The number of aryl methyl sites for hydroxylation is 2. The van der Waals surface area contributed by atoms with Crippen LogP contribution in [-0.4, -0.2) is 21.3 Å². The lowest BCUT2D eigenvalue weighted by atomic mass is 10.1. The number of hydrogen-bond acceptors (Lipinski definition) is 6. The molecule has 0 aliphatic carbocycles. The first-order valence-electron chi connectivity index (χ1n) is 9.37. The number of benzene rings is 3. The van der Waals surface area contributed by atoms with Crippen molar-refractivity contribution in [3.63, 3.8) is 0 Å². The van der Waals surface area contributed by atoms with Crippen molar-refractivity contribution in [3.8, 4) is 29.0 Å². The topological polar surface area (TPSA) is 70.5 Å². The lowest BCUT2D eigenvalue weighted by Crippen LogP contribution is -2.05. The molecule has 1 aliphatic heterocycles. The largest absolute Gasteiger partial charge is 0.496 e. The second kappa shape index (κ2) is 7.11. The van der Waals surface area contributed by atoms with E-state index in [2.05, 4.69) is 9.97 Å². The minimum atomic E-state index is -1.45. The van der Waals surface area contributed by atoms with Crippen LogP contribution in [0.25, 0.3) is 11.0 Å². The second-order valence-corrected chi connectivity index (χ2v) is 8.42. The minimum absolute atomic E-state index is 0.257. The fourth-order valence-electron chi connectivity index (χ4n) is 3.60. The molecule has 1 aliphatic rings.